The summed E-state index contributed by atoms with van der Waals surface area (Å²) in [6, 6.07) is 5.73. The molecule has 0 unspecified atom stereocenters. The smallest absolute Gasteiger partial charge is 0.223 e. The lowest BCUT2D eigenvalue weighted by molar-refractivity contribution is -0.116. The topological polar surface area (TPSA) is 66.5 Å². The third-order valence-corrected chi connectivity index (χ3v) is 3.68. The second kappa shape index (κ2) is 6.16. The largest absolute Gasteiger partial charge is 0.311 e. The Morgan fingerprint density at radius 2 is 1.95 bits per heavy atom. The van der Waals surface area contributed by atoms with Crippen LogP contribution in [0, 0.1) is 13.8 Å². The number of carbonyl (C=O) groups excluding carboxylic acids is 1. The monoisotopic (exact) mass is 284 g/mol. The first-order valence-electron chi connectivity index (χ1n) is 6.01. The number of sulfonamides is 1. The van der Waals surface area contributed by atoms with Gasteiger partial charge < -0.3 is 4.90 Å². The molecule has 0 aliphatic rings. The Balaban J connectivity index is 2.89. The second-order valence-electron chi connectivity index (χ2n) is 4.56. The molecule has 0 aliphatic heterocycles. The summed E-state index contributed by atoms with van der Waals surface area (Å²) in [5, 5.41) is 0. The van der Waals surface area contributed by atoms with E-state index in [1.807, 2.05) is 32.0 Å². The van der Waals surface area contributed by atoms with Crippen LogP contribution >= 0.6 is 0 Å². The first-order chi connectivity index (χ1) is 8.72. The van der Waals surface area contributed by atoms with Crippen LogP contribution in [-0.2, 0) is 14.8 Å². The summed E-state index contributed by atoms with van der Waals surface area (Å²) in [6.45, 7) is 5.91. The van der Waals surface area contributed by atoms with E-state index >= 15 is 0 Å². The molecule has 0 aliphatic carbocycles. The van der Waals surface area contributed by atoms with E-state index in [2.05, 4.69) is 4.72 Å². The normalized spacial score (nSPS) is 11.4. The second-order valence-corrected chi connectivity index (χ2v) is 6.39. The third-order valence-electron chi connectivity index (χ3n) is 2.95. The van der Waals surface area contributed by atoms with E-state index in [1.54, 1.807) is 4.90 Å². The van der Waals surface area contributed by atoms with Gasteiger partial charge in [0.2, 0.25) is 15.9 Å². The van der Waals surface area contributed by atoms with Crippen molar-refractivity contribution in [2.45, 2.75) is 20.8 Å². The summed E-state index contributed by atoms with van der Waals surface area (Å²) in [4.78, 5) is 13.3. The van der Waals surface area contributed by atoms with Crippen LogP contribution in [0.5, 0.6) is 0 Å². The highest BCUT2D eigenvalue weighted by Gasteiger charge is 2.14. The number of hydrogen-bond donors (Lipinski definition) is 1. The van der Waals surface area contributed by atoms with Crippen molar-refractivity contribution in [3.05, 3.63) is 29.3 Å². The van der Waals surface area contributed by atoms with Gasteiger partial charge in [0.15, 0.2) is 0 Å². The number of nitrogens with zero attached hydrogens (tertiary/aromatic N) is 1. The molecule has 1 aromatic carbocycles. The fraction of sp³-hybridized carbons (Fsp3) is 0.462. The van der Waals surface area contributed by atoms with Crippen molar-refractivity contribution in [3.63, 3.8) is 0 Å². The molecule has 0 aromatic heterocycles. The fourth-order valence-corrected chi connectivity index (χ4v) is 2.28. The van der Waals surface area contributed by atoms with Crippen LogP contribution in [0.25, 0.3) is 0 Å². The van der Waals surface area contributed by atoms with Crippen LogP contribution in [-0.4, -0.2) is 33.7 Å². The minimum absolute atomic E-state index is 0.107. The predicted molar refractivity (Wildman–Crippen MR) is 76.8 cm³/mol. The number of nitrogens with one attached hydrogen (secondary N) is 1. The van der Waals surface area contributed by atoms with Crippen molar-refractivity contribution in [3.8, 4) is 0 Å². The summed E-state index contributed by atoms with van der Waals surface area (Å²) in [5.41, 5.74) is 2.94. The van der Waals surface area contributed by atoms with Crippen molar-refractivity contribution in [1.82, 2.24) is 4.72 Å². The lowest BCUT2D eigenvalue weighted by Crippen LogP contribution is -2.37. The van der Waals surface area contributed by atoms with Crippen molar-refractivity contribution >= 4 is 21.6 Å². The number of anilines is 1. The molecule has 1 aromatic rings. The summed E-state index contributed by atoms with van der Waals surface area (Å²) >= 11 is 0. The van der Waals surface area contributed by atoms with Crippen LogP contribution in [0.15, 0.2) is 18.2 Å². The van der Waals surface area contributed by atoms with Crippen molar-refractivity contribution < 1.29 is 13.2 Å². The zero-order valence-electron chi connectivity index (χ0n) is 11.7. The number of benzene rings is 1. The molecule has 0 bridgehead atoms. The highest BCUT2D eigenvalue weighted by Crippen LogP contribution is 2.22. The molecular formula is C13H20N2O3S. The van der Waals surface area contributed by atoms with Crippen molar-refractivity contribution in [2.75, 3.05) is 24.2 Å². The van der Waals surface area contributed by atoms with Crippen molar-refractivity contribution in [1.29, 1.82) is 0 Å². The van der Waals surface area contributed by atoms with Crippen LogP contribution in [0.4, 0.5) is 5.69 Å². The highest BCUT2D eigenvalue weighted by atomic mass is 32.2. The molecule has 1 amide bonds. The van der Waals surface area contributed by atoms with E-state index in [0.29, 0.717) is 6.54 Å². The quantitative estimate of drug-likeness (QED) is 0.883. The molecule has 0 radical (unpaired) electrons. The van der Waals surface area contributed by atoms with E-state index in [9.17, 15) is 13.2 Å². The van der Waals surface area contributed by atoms with Gasteiger partial charge in [-0.3, -0.25) is 4.79 Å². The lowest BCUT2D eigenvalue weighted by atomic mass is 10.1. The van der Waals surface area contributed by atoms with Crippen LogP contribution in [0.2, 0.25) is 0 Å². The molecule has 1 rings (SSSR count). The van der Waals surface area contributed by atoms with Gasteiger partial charge in [-0.05, 0) is 31.0 Å². The molecule has 0 spiro atoms. The average molecular weight is 284 g/mol. The average Bonchev–Trinajstić information content (AvgIpc) is 2.27. The van der Waals surface area contributed by atoms with E-state index in [4.69, 9.17) is 0 Å². The maximum absolute atomic E-state index is 11.7. The molecular weight excluding hydrogens is 264 g/mol. The third kappa shape index (κ3) is 4.65. The highest BCUT2D eigenvalue weighted by molar-refractivity contribution is 7.88. The molecule has 0 fully saturated rings. The maximum Gasteiger partial charge on any atom is 0.223 e. The van der Waals surface area contributed by atoms with Gasteiger partial charge in [-0.1, -0.05) is 12.1 Å². The van der Waals surface area contributed by atoms with Gasteiger partial charge in [0.05, 0.1) is 6.26 Å². The number of hydrogen-bond acceptors (Lipinski definition) is 3. The summed E-state index contributed by atoms with van der Waals surface area (Å²) in [5.74, 6) is -0.107. The Hall–Kier alpha value is -1.40. The van der Waals surface area contributed by atoms with Crippen LogP contribution in [0.1, 0.15) is 18.1 Å². The Kier molecular flexibility index (Phi) is 5.08. The number of carbonyl (C=O) groups is 1. The molecule has 0 saturated heterocycles. The van der Waals surface area contributed by atoms with Gasteiger partial charge in [0, 0.05) is 25.7 Å². The first-order valence-corrected chi connectivity index (χ1v) is 7.90. The Morgan fingerprint density at radius 3 is 2.47 bits per heavy atom. The van der Waals surface area contributed by atoms with Gasteiger partial charge in [-0.25, -0.2) is 13.1 Å². The minimum atomic E-state index is -3.23. The molecule has 5 nitrogen and oxygen atoms in total. The number of amides is 1. The van der Waals surface area contributed by atoms with Gasteiger partial charge >= 0.3 is 0 Å². The van der Waals surface area contributed by atoms with Crippen molar-refractivity contribution in [2.24, 2.45) is 0 Å². The molecule has 1 N–H and O–H groups in total. The van der Waals surface area contributed by atoms with E-state index in [0.717, 1.165) is 23.1 Å². The van der Waals surface area contributed by atoms with Gasteiger partial charge in [0.25, 0.3) is 0 Å². The Labute approximate surface area is 114 Å². The molecule has 0 atom stereocenters. The molecule has 0 saturated carbocycles. The molecule has 6 heteroatoms. The van der Waals surface area contributed by atoms with Gasteiger partial charge in [-0.2, -0.15) is 0 Å². The molecule has 0 heterocycles. The first kappa shape index (κ1) is 15.7. The Morgan fingerprint density at radius 1 is 1.32 bits per heavy atom. The summed E-state index contributed by atoms with van der Waals surface area (Å²) < 4.78 is 24.4. The SMILES string of the molecule is CC(=O)N(CCNS(C)(=O)=O)c1cccc(C)c1C. The minimum Gasteiger partial charge on any atom is -0.311 e. The van der Waals surface area contributed by atoms with E-state index in [-0.39, 0.29) is 12.5 Å². The van der Waals surface area contributed by atoms with Crippen LogP contribution in [0.3, 0.4) is 0 Å². The number of rotatable bonds is 5. The maximum atomic E-state index is 11.7. The fourth-order valence-electron chi connectivity index (χ4n) is 1.82. The summed E-state index contributed by atoms with van der Waals surface area (Å²) in [6.07, 6.45) is 1.10. The van der Waals surface area contributed by atoms with Gasteiger partial charge in [-0.15, -0.1) is 0 Å². The zero-order valence-corrected chi connectivity index (χ0v) is 12.5. The van der Waals surface area contributed by atoms with Crippen LogP contribution < -0.4 is 9.62 Å². The predicted octanol–water partition coefficient (Wildman–Crippen LogP) is 1.21. The zero-order chi connectivity index (χ0) is 14.6. The number of aryl methyl sites for hydroxylation is 1. The van der Waals surface area contributed by atoms with E-state index < -0.39 is 10.0 Å². The molecule has 19 heavy (non-hydrogen) atoms. The summed E-state index contributed by atoms with van der Waals surface area (Å²) in [7, 11) is -3.23. The van der Waals surface area contributed by atoms with Gasteiger partial charge in [0.1, 0.15) is 0 Å². The Bertz CT molecular complexity index is 567. The molecule has 106 valence electrons. The lowest BCUT2D eigenvalue weighted by Gasteiger charge is -2.24. The standard InChI is InChI=1S/C13H20N2O3S/c1-10-6-5-7-13(11(10)2)15(12(3)16)9-8-14-19(4,17)18/h5-7,14H,8-9H2,1-4H3. The van der Waals surface area contributed by atoms with E-state index in [1.165, 1.54) is 6.92 Å².